The van der Waals surface area contributed by atoms with Gasteiger partial charge in [-0.25, -0.2) is 9.59 Å². The van der Waals surface area contributed by atoms with Gasteiger partial charge in [0.15, 0.2) is 0 Å². The lowest BCUT2D eigenvalue weighted by molar-refractivity contribution is 0.0592. The molecule has 5 heteroatoms. The second kappa shape index (κ2) is 5.61. The molecular formula is C18H14O5. The summed E-state index contributed by atoms with van der Waals surface area (Å²) < 4.78 is 9.41. The van der Waals surface area contributed by atoms with E-state index in [1.807, 2.05) is 6.07 Å². The highest BCUT2D eigenvalue weighted by molar-refractivity contribution is 6.08. The Hall–Kier alpha value is -3.08. The van der Waals surface area contributed by atoms with Crippen LogP contribution in [0.15, 0.2) is 42.5 Å². The first-order valence-electron chi connectivity index (χ1n) is 6.91. The number of phenols is 1. The van der Waals surface area contributed by atoms with Gasteiger partial charge in [-0.2, -0.15) is 0 Å². The van der Waals surface area contributed by atoms with Crippen LogP contribution in [0.2, 0.25) is 0 Å². The lowest BCUT2D eigenvalue weighted by Crippen LogP contribution is -2.01. The lowest BCUT2D eigenvalue weighted by Gasteiger charge is -2.09. The standard InChI is InChI=1S/C18H14O5/c1-22-17(20)10-3-5-14-12(7-10)9-13-8-11(18(21)23-2)4-6-15(13)16(14)19/h3-9,19H,1-2H3. The summed E-state index contributed by atoms with van der Waals surface area (Å²) in [6, 6.07) is 11.6. The average Bonchev–Trinajstić information content (AvgIpc) is 2.59. The van der Waals surface area contributed by atoms with Crippen molar-refractivity contribution >= 4 is 33.5 Å². The minimum Gasteiger partial charge on any atom is -0.507 e. The molecule has 3 aromatic carbocycles. The van der Waals surface area contributed by atoms with Gasteiger partial charge in [-0.15, -0.1) is 0 Å². The van der Waals surface area contributed by atoms with E-state index >= 15 is 0 Å². The van der Waals surface area contributed by atoms with Gasteiger partial charge in [0, 0.05) is 10.8 Å². The number of aromatic hydroxyl groups is 1. The molecule has 3 rings (SSSR count). The number of carbonyl (C=O) groups is 2. The first-order chi connectivity index (χ1) is 11.0. The maximum Gasteiger partial charge on any atom is 0.337 e. The van der Waals surface area contributed by atoms with E-state index in [9.17, 15) is 14.7 Å². The molecule has 116 valence electrons. The number of phenolic OH excluding ortho intramolecular Hbond substituents is 1. The summed E-state index contributed by atoms with van der Waals surface area (Å²) in [6.07, 6.45) is 0. The van der Waals surface area contributed by atoms with E-state index in [1.54, 1.807) is 36.4 Å². The van der Waals surface area contributed by atoms with Crippen LogP contribution in [0.1, 0.15) is 20.7 Å². The number of carbonyl (C=O) groups excluding carboxylic acids is 2. The van der Waals surface area contributed by atoms with E-state index in [1.165, 1.54) is 14.2 Å². The number of benzene rings is 3. The maximum atomic E-state index is 11.6. The van der Waals surface area contributed by atoms with Crippen molar-refractivity contribution in [2.75, 3.05) is 14.2 Å². The minimum atomic E-state index is -0.449. The highest BCUT2D eigenvalue weighted by Gasteiger charge is 2.13. The third kappa shape index (κ3) is 2.46. The molecule has 0 aliphatic rings. The van der Waals surface area contributed by atoms with Crippen LogP contribution in [-0.2, 0) is 9.47 Å². The molecule has 0 bridgehead atoms. The Morgan fingerprint density at radius 2 is 1.22 bits per heavy atom. The Bertz CT molecular complexity index is 869. The first-order valence-corrected chi connectivity index (χ1v) is 6.91. The molecule has 0 saturated carbocycles. The molecule has 0 radical (unpaired) electrons. The largest absolute Gasteiger partial charge is 0.507 e. The number of rotatable bonds is 2. The first kappa shape index (κ1) is 14.8. The zero-order chi connectivity index (χ0) is 16.6. The number of fused-ring (bicyclic) bond motifs is 2. The van der Waals surface area contributed by atoms with Gasteiger partial charge in [0.25, 0.3) is 0 Å². The maximum absolute atomic E-state index is 11.6. The van der Waals surface area contributed by atoms with Crippen molar-refractivity contribution < 1.29 is 24.2 Å². The molecule has 0 saturated heterocycles. The highest BCUT2D eigenvalue weighted by Crippen LogP contribution is 2.35. The Kier molecular flexibility index (Phi) is 3.62. The van der Waals surface area contributed by atoms with E-state index in [0.29, 0.717) is 32.7 Å². The van der Waals surface area contributed by atoms with Crippen LogP contribution in [0.25, 0.3) is 21.5 Å². The fraction of sp³-hybridized carbons (Fsp3) is 0.111. The van der Waals surface area contributed by atoms with Crippen molar-refractivity contribution in [2.24, 2.45) is 0 Å². The van der Waals surface area contributed by atoms with Gasteiger partial charge in [0.2, 0.25) is 0 Å². The van der Waals surface area contributed by atoms with E-state index < -0.39 is 11.9 Å². The van der Waals surface area contributed by atoms with Crippen LogP contribution in [0.3, 0.4) is 0 Å². The number of hydrogen-bond donors (Lipinski definition) is 1. The van der Waals surface area contributed by atoms with Crippen LogP contribution in [0, 0.1) is 0 Å². The second-order valence-electron chi connectivity index (χ2n) is 5.08. The van der Waals surface area contributed by atoms with Crippen LogP contribution >= 0.6 is 0 Å². The van der Waals surface area contributed by atoms with Gasteiger partial charge in [-0.05, 0) is 53.2 Å². The summed E-state index contributed by atoms with van der Waals surface area (Å²) in [6.45, 7) is 0. The van der Waals surface area contributed by atoms with Crippen LogP contribution < -0.4 is 0 Å². The molecule has 5 nitrogen and oxygen atoms in total. The molecular weight excluding hydrogens is 296 g/mol. The normalized spacial score (nSPS) is 10.7. The molecule has 0 atom stereocenters. The number of esters is 2. The summed E-state index contributed by atoms with van der Waals surface area (Å²) in [4.78, 5) is 23.3. The van der Waals surface area contributed by atoms with Crippen LogP contribution in [-0.4, -0.2) is 31.3 Å². The summed E-state index contributed by atoms with van der Waals surface area (Å²) in [5.74, 6) is -0.796. The summed E-state index contributed by atoms with van der Waals surface area (Å²) in [5, 5.41) is 13.1. The van der Waals surface area contributed by atoms with Crippen LogP contribution in [0.5, 0.6) is 5.75 Å². The molecule has 0 aromatic heterocycles. The van der Waals surface area contributed by atoms with Gasteiger partial charge < -0.3 is 14.6 Å². The van der Waals surface area contributed by atoms with Gasteiger partial charge in [0.1, 0.15) is 5.75 Å². The number of ether oxygens (including phenoxy) is 2. The molecule has 0 unspecified atom stereocenters. The third-order valence-electron chi connectivity index (χ3n) is 3.77. The minimum absolute atomic E-state index is 0.102. The fourth-order valence-corrected chi connectivity index (χ4v) is 2.60. The zero-order valence-electron chi connectivity index (χ0n) is 12.6. The Balaban J connectivity index is 2.27. The molecule has 0 aliphatic heterocycles. The van der Waals surface area contributed by atoms with Gasteiger partial charge in [-0.1, -0.05) is 0 Å². The Morgan fingerprint density at radius 1 is 0.783 bits per heavy atom. The van der Waals surface area contributed by atoms with Crippen LogP contribution in [0.4, 0.5) is 0 Å². The predicted octanol–water partition coefficient (Wildman–Crippen LogP) is 3.27. The quantitative estimate of drug-likeness (QED) is 0.581. The molecule has 0 amide bonds. The molecule has 0 spiro atoms. The molecule has 0 heterocycles. The van der Waals surface area contributed by atoms with Gasteiger partial charge in [0.05, 0.1) is 25.3 Å². The van der Waals surface area contributed by atoms with Crippen molar-refractivity contribution in [3.8, 4) is 5.75 Å². The SMILES string of the molecule is COC(=O)c1ccc2c(O)c3ccc(C(=O)OC)cc3cc2c1. The van der Waals surface area contributed by atoms with Crippen molar-refractivity contribution in [1.29, 1.82) is 0 Å². The molecule has 0 fully saturated rings. The lowest BCUT2D eigenvalue weighted by atomic mass is 9.99. The Labute approximate surface area is 132 Å². The molecule has 1 N–H and O–H groups in total. The van der Waals surface area contributed by atoms with Crippen molar-refractivity contribution in [1.82, 2.24) is 0 Å². The third-order valence-corrected chi connectivity index (χ3v) is 3.77. The van der Waals surface area contributed by atoms with Crippen molar-refractivity contribution in [3.63, 3.8) is 0 Å². The van der Waals surface area contributed by atoms with E-state index in [2.05, 4.69) is 0 Å². The van der Waals surface area contributed by atoms with E-state index in [-0.39, 0.29) is 5.75 Å². The van der Waals surface area contributed by atoms with Gasteiger partial charge >= 0.3 is 11.9 Å². The average molecular weight is 310 g/mol. The van der Waals surface area contributed by atoms with Gasteiger partial charge in [-0.3, -0.25) is 0 Å². The summed E-state index contributed by atoms with van der Waals surface area (Å²) in [5.41, 5.74) is 0.783. The predicted molar refractivity (Wildman–Crippen MR) is 85.8 cm³/mol. The molecule has 3 aromatic rings. The smallest absolute Gasteiger partial charge is 0.337 e. The van der Waals surface area contributed by atoms with E-state index in [4.69, 9.17) is 9.47 Å². The second-order valence-corrected chi connectivity index (χ2v) is 5.08. The topological polar surface area (TPSA) is 72.8 Å². The molecule has 0 aliphatic carbocycles. The summed E-state index contributed by atoms with van der Waals surface area (Å²) >= 11 is 0. The Morgan fingerprint density at radius 3 is 1.61 bits per heavy atom. The number of hydrogen-bond acceptors (Lipinski definition) is 5. The number of methoxy groups -OCH3 is 2. The van der Waals surface area contributed by atoms with Crippen molar-refractivity contribution in [2.45, 2.75) is 0 Å². The monoisotopic (exact) mass is 310 g/mol. The van der Waals surface area contributed by atoms with E-state index in [0.717, 1.165) is 0 Å². The zero-order valence-corrected chi connectivity index (χ0v) is 12.6. The fourth-order valence-electron chi connectivity index (χ4n) is 2.60. The van der Waals surface area contributed by atoms with Crippen molar-refractivity contribution in [3.05, 3.63) is 53.6 Å². The summed E-state index contributed by atoms with van der Waals surface area (Å²) in [7, 11) is 2.63. The molecule has 23 heavy (non-hydrogen) atoms. The highest BCUT2D eigenvalue weighted by atomic mass is 16.5.